The molecule has 4 rings (SSSR count). The molecule has 1 atom stereocenters. The Morgan fingerprint density at radius 1 is 1.07 bits per heavy atom. The number of aryl methyl sites for hydroxylation is 1. The molecular weight excluding hydrogens is 355 g/mol. The molecule has 140 valence electrons. The van der Waals surface area contributed by atoms with Crippen molar-refractivity contribution in [1.82, 2.24) is 10.5 Å². The molecule has 0 saturated carbocycles. The first-order chi connectivity index (χ1) is 13.5. The van der Waals surface area contributed by atoms with Crippen LogP contribution in [-0.2, 0) is 0 Å². The summed E-state index contributed by atoms with van der Waals surface area (Å²) in [7, 11) is 0. The summed E-state index contributed by atoms with van der Waals surface area (Å²) in [6, 6.07) is 19.8. The number of carbonyl (C=O) groups excluding carboxylic acids is 1. The molecule has 0 saturated heterocycles. The van der Waals surface area contributed by atoms with Crippen molar-refractivity contribution in [3.8, 4) is 11.3 Å². The number of aromatic nitrogens is 1. The first-order valence-electron chi connectivity index (χ1n) is 9.05. The molecule has 1 heterocycles. The number of rotatable bonds is 4. The van der Waals surface area contributed by atoms with Gasteiger partial charge in [-0.2, -0.15) is 0 Å². The van der Waals surface area contributed by atoms with Gasteiger partial charge in [-0.25, -0.2) is 4.39 Å². The van der Waals surface area contributed by atoms with Crippen molar-refractivity contribution >= 4 is 16.7 Å². The van der Waals surface area contributed by atoms with E-state index in [4.69, 9.17) is 4.52 Å². The minimum atomic E-state index is -0.401. The van der Waals surface area contributed by atoms with E-state index in [1.54, 1.807) is 19.1 Å². The number of nitrogens with one attached hydrogen (secondary N) is 1. The van der Waals surface area contributed by atoms with Gasteiger partial charge in [0.2, 0.25) is 0 Å². The van der Waals surface area contributed by atoms with Crippen molar-refractivity contribution in [2.45, 2.75) is 19.9 Å². The molecule has 1 aromatic heterocycles. The van der Waals surface area contributed by atoms with E-state index in [0.717, 1.165) is 16.3 Å². The summed E-state index contributed by atoms with van der Waals surface area (Å²) in [6.07, 6.45) is 0. The Morgan fingerprint density at radius 3 is 2.64 bits per heavy atom. The highest BCUT2D eigenvalue weighted by Gasteiger charge is 2.24. The Labute approximate surface area is 162 Å². The van der Waals surface area contributed by atoms with E-state index in [0.29, 0.717) is 16.8 Å². The fourth-order valence-electron chi connectivity index (χ4n) is 3.44. The van der Waals surface area contributed by atoms with Crippen LogP contribution in [0.25, 0.3) is 22.1 Å². The Morgan fingerprint density at radius 2 is 1.82 bits per heavy atom. The molecule has 0 radical (unpaired) electrons. The van der Waals surface area contributed by atoms with Crippen LogP contribution < -0.4 is 5.32 Å². The van der Waals surface area contributed by atoms with Crippen LogP contribution in [0.1, 0.15) is 34.6 Å². The third-order valence-electron chi connectivity index (χ3n) is 4.81. The maximum Gasteiger partial charge on any atom is 0.257 e. The van der Waals surface area contributed by atoms with E-state index in [1.807, 2.05) is 49.4 Å². The molecule has 0 aliphatic carbocycles. The van der Waals surface area contributed by atoms with Crippen LogP contribution in [0.2, 0.25) is 0 Å². The number of benzene rings is 3. The van der Waals surface area contributed by atoms with Gasteiger partial charge in [0.15, 0.2) is 5.76 Å². The molecule has 0 aliphatic rings. The minimum absolute atomic E-state index is 0.228. The zero-order valence-electron chi connectivity index (χ0n) is 15.6. The van der Waals surface area contributed by atoms with Crippen molar-refractivity contribution in [3.05, 3.63) is 89.4 Å². The van der Waals surface area contributed by atoms with Crippen molar-refractivity contribution in [2.24, 2.45) is 0 Å². The van der Waals surface area contributed by atoms with Crippen LogP contribution in [0, 0.1) is 12.7 Å². The van der Waals surface area contributed by atoms with Gasteiger partial charge in [0.1, 0.15) is 11.4 Å². The SMILES string of the molecule is Cc1noc(-c2cccc(F)c2)c1C(=O)N[C@H](C)c1cccc2ccccc12. The zero-order chi connectivity index (χ0) is 19.7. The van der Waals surface area contributed by atoms with Gasteiger partial charge in [-0.05, 0) is 42.3 Å². The highest BCUT2D eigenvalue weighted by molar-refractivity contribution is 6.01. The molecule has 0 spiro atoms. The van der Waals surface area contributed by atoms with Gasteiger partial charge < -0.3 is 9.84 Å². The highest BCUT2D eigenvalue weighted by Crippen LogP contribution is 2.28. The van der Waals surface area contributed by atoms with Gasteiger partial charge in [0.05, 0.1) is 11.7 Å². The largest absolute Gasteiger partial charge is 0.355 e. The molecule has 1 N–H and O–H groups in total. The molecular formula is C23H19FN2O2. The van der Waals surface area contributed by atoms with E-state index in [-0.39, 0.29) is 17.7 Å². The van der Waals surface area contributed by atoms with Gasteiger partial charge in [-0.1, -0.05) is 59.8 Å². The topological polar surface area (TPSA) is 55.1 Å². The van der Waals surface area contributed by atoms with Crippen molar-refractivity contribution in [3.63, 3.8) is 0 Å². The average molecular weight is 374 g/mol. The smallest absolute Gasteiger partial charge is 0.257 e. The van der Waals surface area contributed by atoms with Gasteiger partial charge in [-0.15, -0.1) is 0 Å². The van der Waals surface area contributed by atoms with Crippen LogP contribution in [0.4, 0.5) is 4.39 Å². The van der Waals surface area contributed by atoms with Crippen LogP contribution in [0.15, 0.2) is 71.3 Å². The van der Waals surface area contributed by atoms with E-state index >= 15 is 0 Å². The molecule has 3 aromatic carbocycles. The Balaban J connectivity index is 1.67. The van der Waals surface area contributed by atoms with Gasteiger partial charge in [0, 0.05) is 5.56 Å². The summed E-state index contributed by atoms with van der Waals surface area (Å²) >= 11 is 0. The fraction of sp³-hybridized carbons (Fsp3) is 0.130. The van der Waals surface area contributed by atoms with Crippen molar-refractivity contribution in [1.29, 1.82) is 0 Å². The predicted molar refractivity (Wildman–Crippen MR) is 106 cm³/mol. The Hall–Kier alpha value is -3.47. The molecule has 4 nitrogen and oxygen atoms in total. The Bertz CT molecular complexity index is 1160. The number of fused-ring (bicyclic) bond motifs is 1. The summed E-state index contributed by atoms with van der Waals surface area (Å²) in [5, 5.41) is 9.14. The molecule has 4 aromatic rings. The van der Waals surface area contributed by atoms with Gasteiger partial charge >= 0.3 is 0 Å². The van der Waals surface area contributed by atoms with E-state index in [9.17, 15) is 9.18 Å². The highest BCUT2D eigenvalue weighted by atomic mass is 19.1. The quantitative estimate of drug-likeness (QED) is 0.518. The maximum atomic E-state index is 13.6. The fourth-order valence-corrected chi connectivity index (χ4v) is 3.44. The van der Waals surface area contributed by atoms with Crippen molar-refractivity contribution in [2.75, 3.05) is 0 Å². The molecule has 0 fully saturated rings. The summed E-state index contributed by atoms with van der Waals surface area (Å²) in [6.45, 7) is 3.63. The number of hydrogen-bond acceptors (Lipinski definition) is 3. The lowest BCUT2D eigenvalue weighted by Crippen LogP contribution is -2.27. The lowest BCUT2D eigenvalue weighted by molar-refractivity contribution is 0.0940. The third-order valence-corrected chi connectivity index (χ3v) is 4.81. The number of hydrogen-bond donors (Lipinski definition) is 1. The summed E-state index contributed by atoms with van der Waals surface area (Å²) in [4.78, 5) is 13.0. The van der Waals surface area contributed by atoms with Gasteiger partial charge in [0.25, 0.3) is 5.91 Å². The Kier molecular flexibility index (Phi) is 4.65. The number of halogens is 1. The van der Waals surface area contributed by atoms with Crippen LogP contribution in [-0.4, -0.2) is 11.1 Å². The molecule has 1 amide bonds. The lowest BCUT2D eigenvalue weighted by atomic mass is 9.99. The van der Waals surface area contributed by atoms with E-state index < -0.39 is 5.82 Å². The molecule has 28 heavy (non-hydrogen) atoms. The maximum absolute atomic E-state index is 13.6. The van der Waals surface area contributed by atoms with Crippen LogP contribution >= 0.6 is 0 Å². The van der Waals surface area contributed by atoms with Crippen LogP contribution in [0.3, 0.4) is 0 Å². The standard InChI is InChI=1S/C23H19FN2O2/c1-14(19-12-6-8-16-7-3-4-11-20(16)19)25-23(27)21-15(2)26-28-22(21)17-9-5-10-18(24)13-17/h3-14H,1-2H3,(H,25,27)/t14-/m1/s1. The summed E-state index contributed by atoms with van der Waals surface area (Å²) in [5.41, 5.74) is 2.27. The third kappa shape index (κ3) is 3.27. The first-order valence-corrected chi connectivity index (χ1v) is 9.05. The second-order valence-corrected chi connectivity index (χ2v) is 6.75. The zero-order valence-corrected chi connectivity index (χ0v) is 15.6. The number of nitrogens with zero attached hydrogens (tertiary/aromatic N) is 1. The lowest BCUT2D eigenvalue weighted by Gasteiger charge is -2.17. The second-order valence-electron chi connectivity index (χ2n) is 6.75. The molecule has 0 unspecified atom stereocenters. The van der Waals surface area contributed by atoms with E-state index in [1.165, 1.54) is 12.1 Å². The molecule has 0 aliphatic heterocycles. The minimum Gasteiger partial charge on any atom is -0.355 e. The first kappa shape index (κ1) is 17.9. The van der Waals surface area contributed by atoms with Crippen LogP contribution in [0.5, 0.6) is 0 Å². The normalized spacial score (nSPS) is 12.1. The summed E-state index contributed by atoms with van der Waals surface area (Å²) in [5.74, 6) is -0.444. The summed E-state index contributed by atoms with van der Waals surface area (Å²) < 4.78 is 18.9. The van der Waals surface area contributed by atoms with Gasteiger partial charge in [-0.3, -0.25) is 4.79 Å². The van der Waals surface area contributed by atoms with E-state index in [2.05, 4.69) is 10.5 Å². The molecule has 0 bridgehead atoms. The molecule has 5 heteroatoms. The average Bonchev–Trinajstić information content (AvgIpc) is 3.09. The number of amides is 1. The monoisotopic (exact) mass is 374 g/mol. The second kappa shape index (κ2) is 7.27. The number of carbonyl (C=O) groups is 1. The van der Waals surface area contributed by atoms with Crippen molar-refractivity contribution < 1.29 is 13.7 Å². The predicted octanol–water partition coefficient (Wildman–Crippen LogP) is 5.43.